The second-order valence-electron chi connectivity index (χ2n) is 7.64. The van der Waals surface area contributed by atoms with Crippen LogP contribution in [0.15, 0.2) is 54.2 Å². The van der Waals surface area contributed by atoms with Gasteiger partial charge in [0.25, 0.3) is 5.91 Å². The van der Waals surface area contributed by atoms with Gasteiger partial charge in [-0.25, -0.2) is 0 Å². The van der Waals surface area contributed by atoms with Crippen LogP contribution < -0.4 is 5.32 Å². The van der Waals surface area contributed by atoms with Crippen LogP contribution in [0.2, 0.25) is 0 Å². The number of nitrogens with one attached hydrogen (secondary N) is 2. The fraction of sp³-hybridized carbons (Fsp3) is 0.240. The van der Waals surface area contributed by atoms with Crippen molar-refractivity contribution in [3.63, 3.8) is 0 Å². The zero-order chi connectivity index (χ0) is 21.8. The Morgan fingerprint density at radius 3 is 2.77 bits per heavy atom. The predicted octanol–water partition coefficient (Wildman–Crippen LogP) is 5.25. The highest BCUT2D eigenvalue weighted by Gasteiger charge is 2.28. The number of rotatable bonds is 7. The predicted molar refractivity (Wildman–Crippen MR) is 132 cm³/mol. The van der Waals surface area contributed by atoms with E-state index in [1.54, 1.807) is 17.5 Å². The molecule has 1 aromatic carbocycles. The molecule has 1 aliphatic carbocycles. The zero-order valence-corrected chi connectivity index (χ0v) is 19.2. The summed E-state index contributed by atoms with van der Waals surface area (Å²) in [6.07, 6.45) is 6.19. The Balaban J connectivity index is 1.62. The number of allylic oxidation sites excluding steroid dienone is 1. The van der Waals surface area contributed by atoms with E-state index < -0.39 is 0 Å². The number of amides is 1. The highest BCUT2D eigenvalue weighted by molar-refractivity contribution is 7.90. The minimum Gasteiger partial charge on any atom is -0.351 e. The van der Waals surface area contributed by atoms with Crippen molar-refractivity contribution in [1.82, 2.24) is 10.3 Å². The van der Waals surface area contributed by atoms with Crippen LogP contribution in [-0.2, 0) is 19.3 Å². The highest BCUT2D eigenvalue weighted by Crippen LogP contribution is 2.42. The molecule has 0 radical (unpaired) electrons. The van der Waals surface area contributed by atoms with Crippen molar-refractivity contribution in [2.24, 2.45) is 0 Å². The van der Waals surface area contributed by atoms with E-state index >= 15 is 0 Å². The molecule has 0 unspecified atom stereocenters. The van der Waals surface area contributed by atoms with Gasteiger partial charge in [0.2, 0.25) is 0 Å². The van der Waals surface area contributed by atoms with Crippen molar-refractivity contribution >= 4 is 41.0 Å². The number of aryl methyl sites for hydroxylation is 1. The Bertz CT molecular complexity index is 1150. The number of nitrogens with zero attached hydrogens (tertiary/aromatic N) is 1. The van der Waals surface area contributed by atoms with Crippen LogP contribution in [0.1, 0.15) is 48.9 Å². The number of carbonyl (C=O) groups is 1. The molecule has 0 bridgehead atoms. The van der Waals surface area contributed by atoms with Crippen LogP contribution in [0, 0.1) is 12.3 Å². The van der Waals surface area contributed by atoms with Crippen LogP contribution in [0.3, 0.4) is 0 Å². The topological polar surface area (TPSA) is 65.8 Å². The molecule has 1 aliphatic rings. The molecule has 4 nitrogen and oxygen atoms in total. The lowest BCUT2D eigenvalue weighted by molar-refractivity contribution is 0.0957. The Labute approximate surface area is 192 Å². The lowest BCUT2D eigenvalue weighted by Gasteiger charge is -2.17. The second kappa shape index (κ2) is 9.62. The highest BCUT2D eigenvalue weighted by atomic mass is 32.1. The van der Waals surface area contributed by atoms with Crippen molar-refractivity contribution in [2.75, 3.05) is 6.54 Å². The van der Waals surface area contributed by atoms with Crippen molar-refractivity contribution < 1.29 is 4.79 Å². The van der Waals surface area contributed by atoms with Crippen molar-refractivity contribution in [3.8, 4) is 0 Å². The smallest absolute Gasteiger partial charge is 0.261 e. The summed E-state index contributed by atoms with van der Waals surface area (Å²) in [6.45, 7) is 2.61. The first-order chi connectivity index (χ1) is 15.1. The van der Waals surface area contributed by atoms with E-state index in [-0.39, 0.29) is 5.91 Å². The van der Waals surface area contributed by atoms with E-state index in [1.165, 1.54) is 11.8 Å². The lowest BCUT2D eigenvalue weighted by atomic mass is 9.91. The summed E-state index contributed by atoms with van der Waals surface area (Å²) >= 11 is 6.32. The molecule has 0 fully saturated rings. The van der Waals surface area contributed by atoms with Gasteiger partial charge in [-0.3, -0.25) is 9.78 Å². The van der Waals surface area contributed by atoms with Crippen LogP contribution >= 0.6 is 24.0 Å². The molecular formula is C25H25N3OS2. The van der Waals surface area contributed by atoms with Crippen LogP contribution in [-0.4, -0.2) is 23.7 Å². The summed E-state index contributed by atoms with van der Waals surface area (Å²) in [6, 6.07) is 14.2. The van der Waals surface area contributed by atoms with Crippen molar-refractivity contribution in [3.05, 3.63) is 91.9 Å². The first kappa shape index (κ1) is 21.5. The molecule has 4 rings (SSSR count). The van der Waals surface area contributed by atoms with Crippen LogP contribution in [0.25, 0.3) is 4.91 Å². The van der Waals surface area contributed by atoms with Gasteiger partial charge in [0.1, 0.15) is 0 Å². The number of hydrogen-bond donors (Lipinski definition) is 3. The molecule has 2 aromatic heterocycles. The van der Waals surface area contributed by atoms with E-state index in [0.717, 1.165) is 61.9 Å². The molecule has 3 aromatic rings. The largest absolute Gasteiger partial charge is 0.351 e. The molecule has 0 saturated carbocycles. The second-order valence-corrected chi connectivity index (χ2v) is 9.19. The molecule has 0 saturated heterocycles. The van der Waals surface area contributed by atoms with Gasteiger partial charge >= 0.3 is 0 Å². The third kappa shape index (κ3) is 4.65. The van der Waals surface area contributed by atoms with Gasteiger partial charge in [0, 0.05) is 46.4 Å². The van der Waals surface area contributed by atoms with E-state index in [0.29, 0.717) is 13.0 Å². The fourth-order valence-corrected chi connectivity index (χ4v) is 5.76. The van der Waals surface area contributed by atoms with Crippen LogP contribution in [0.5, 0.6) is 0 Å². The van der Waals surface area contributed by atoms with E-state index in [4.69, 9.17) is 18.0 Å². The average Bonchev–Trinajstić information content (AvgIpc) is 3.15. The molecule has 0 atom stereocenters. The van der Waals surface area contributed by atoms with Crippen LogP contribution in [0.4, 0.5) is 0 Å². The number of thiol groups is 1. The Morgan fingerprint density at radius 1 is 1.23 bits per heavy atom. The third-order valence-electron chi connectivity index (χ3n) is 5.66. The standard InChI is InChI=1S/C25H25N3OS2/c1-16-18(8-5-12-27-16)14-21-22-20(10-9-19(15-26)23(22)30)24(31-21)25(29)28-13-11-17-6-3-2-4-7-17/h2-8,12,15,26,30H,9-11,13-14H2,1H3,(H,28,29). The lowest BCUT2D eigenvalue weighted by Crippen LogP contribution is -2.26. The molecule has 0 aliphatic heterocycles. The summed E-state index contributed by atoms with van der Waals surface area (Å²) < 4.78 is 0. The summed E-state index contributed by atoms with van der Waals surface area (Å²) in [5.74, 6) is -0.0224. The van der Waals surface area contributed by atoms with Gasteiger partial charge in [-0.2, -0.15) is 0 Å². The fourth-order valence-electron chi connectivity index (χ4n) is 3.94. The summed E-state index contributed by atoms with van der Waals surface area (Å²) in [5, 5.41) is 10.8. The number of hydrogen-bond acceptors (Lipinski definition) is 5. The molecule has 31 heavy (non-hydrogen) atoms. The summed E-state index contributed by atoms with van der Waals surface area (Å²) in [5.41, 5.74) is 6.37. The summed E-state index contributed by atoms with van der Waals surface area (Å²) in [7, 11) is 0. The molecule has 2 heterocycles. The molecular weight excluding hydrogens is 422 g/mol. The van der Waals surface area contributed by atoms with Gasteiger partial charge in [0.05, 0.1) is 4.88 Å². The number of thiophene rings is 1. The van der Waals surface area contributed by atoms with Crippen molar-refractivity contribution in [1.29, 1.82) is 5.41 Å². The summed E-state index contributed by atoms with van der Waals surface area (Å²) in [4.78, 5) is 20.2. The zero-order valence-electron chi connectivity index (χ0n) is 17.4. The maximum Gasteiger partial charge on any atom is 0.261 e. The Morgan fingerprint density at radius 2 is 2.03 bits per heavy atom. The van der Waals surface area contributed by atoms with Gasteiger partial charge in [0.15, 0.2) is 0 Å². The number of carbonyl (C=O) groups excluding carboxylic acids is 1. The first-order valence-corrected chi connectivity index (χ1v) is 11.6. The molecule has 1 amide bonds. The average molecular weight is 448 g/mol. The van der Waals surface area contributed by atoms with Gasteiger partial charge in [-0.15, -0.1) is 24.0 Å². The third-order valence-corrected chi connectivity index (χ3v) is 7.40. The Kier molecular flexibility index (Phi) is 6.68. The number of benzene rings is 1. The normalized spacial score (nSPS) is 13.1. The quantitative estimate of drug-likeness (QED) is 0.342. The number of pyridine rings is 1. The number of aromatic nitrogens is 1. The van der Waals surface area contributed by atoms with E-state index in [1.807, 2.05) is 31.2 Å². The number of fused-ring (bicyclic) bond motifs is 1. The molecule has 0 spiro atoms. The van der Waals surface area contributed by atoms with Gasteiger partial charge in [-0.05, 0) is 54.5 Å². The maximum absolute atomic E-state index is 13.1. The monoisotopic (exact) mass is 447 g/mol. The minimum atomic E-state index is -0.0224. The first-order valence-electron chi connectivity index (χ1n) is 10.4. The maximum atomic E-state index is 13.1. The van der Waals surface area contributed by atoms with E-state index in [9.17, 15) is 4.79 Å². The SMILES string of the molecule is Cc1ncccc1Cc1sc(C(=O)NCCc2ccccc2)c2c1C(S)=C(C=N)CC2. The van der Waals surface area contributed by atoms with Crippen molar-refractivity contribution in [2.45, 2.75) is 32.6 Å². The van der Waals surface area contributed by atoms with Gasteiger partial charge < -0.3 is 10.7 Å². The minimum absolute atomic E-state index is 0.0224. The Hall–Kier alpha value is -2.70. The van der Waals surface area contributed by atoms with Gasteiger partial charge in [-0.1, -0.05) is 36.4 Å². The molecule has 2 N–H and O–H groups in total. The molecule has 158 valence electrons. The molecule has 6 heteroatoms. The van der Waals surface area contributed by atoms with E-state index in [2.05, 4.69) is 28.5 Å².